The number of benzene rings is 2. The molecule has 0 N–H and O–H groups in total. The number of hydrogen-bond donors (Lipinski definition) is 0. The first-order valence-electron chi connectivity index (χ1n) is 8.50. The molecule has 1 heterocycles. The van der Waals surface area contributed by atoms with Crippen molar-refractivity contribution in [1.82, 2.24) is 4.90 Å². The van der Waals surface area contributed by atoms with E-state index in [4.69, 9.17) is 41.4 Å². The van der Waals surface area contributed by atoms with E-state index in [9.17, 15) is 4.79 Å². The summed E-state index contributed by atoms with van der Waals surface area (Å²) in [6, 6.07) is 12.4. The molecule has 0 radical (unpaired) electrons. The minimum Gasteiger partial charge on any atom is -0.359 e. The van der Waals surface area contributed by atoms with E-state index in [0.29, 0.717) is 28.2 Å². The highest BCUT2D eigenvalue weighted by Gasteiger charge is 2.41. The maximum atomic E-state index is 12.2. The summed E-state index contributed by atoms with van der Waals surface area (Å²) in [5.41, 5.74) is 1.81. The minimum absolute atomic E-state index is 0.0375. The lowest BCUT2D eigenvalue weighted by atomic mass is 9.93. The van der Waals surface area contributed by atoms with Gasteiger partial charge in [-0.3, -0.25) is 4.79 Å². The molecule has 0 bridgehead atoms. The molecule has 2 atom stereocenters. The number of carbonyl (C=O) groups is 1. The SMILES string of the molecule is [C-]#[N+]CC1[C@H](c2ccc(Cl)cc2)N(c2ccc(Cl)cc2Cl)CCN1C(C)=O. The molecular weight excluding hydrogens is 405 g/mol. The minimum atomic E-state index is -0.290. The van der Waals surface area contributed by atoms with E-state index in [0.717, 1.165) is 11.3 Å². The fraction of sp³-hybridized carbons (Fsp3) is 0.300. The Hall–Kier alpha value is -1.93. The Morgan fingerprint density at radius 1 is 1.11 bits per heavy atom. The van der Waals surface area contributed by atoms with Crippen LogP contribution < -0.4 is 4.90 Å². The van der Waals surface area contributed by atoms with Gasteiger partial charge in [0.15, 0.2) is 0 Å². The maximum absolute atomic E-state index is 12.2. The molecule has 0 saturated carbocycles. The number of carbonyl (C=O) groups excluding carboxylic acids is 1. The van der Waals surface area contributed by atoms with E-state index in [-0.39, 0.29) is 24.5 Å². The standard InChI is InChI=1S/C20H18Cl3N3O/c1-13(27)25-9-10-26(18-8-7-16(22)11-17(18)23)20(19(25)12-24-2)14-3-5-15(21)6-4-14/h3-8,11,19-20H,9-10,12H2,1H3/t19?,20-/m0/s1. The van der Waals surface area contributed by atoms with Crippen molar-refractivity contribution in [3.63, 3.8) is 0 Å². The van der Waals surface area contributed by atoms with Crippen LogP contribution in [0.25, 0.3) is 4.85 Å². The molecule has 7 heteroatoms. The molecule has 1 aliphatic heterocycles. The number of halogens is 3. The lowest BCUT2D eigenvalue weighted by Gasteiger charge is -2.47. The van der Waals surface area contributed by atoms with E-state index in [2.05, 4.69) is 9.74 Å². The Morgan fingerprint density at radius 3 is 2.37 bits per heavy atom. The van der Waals surface area contributed by atoms with Gasteiger partial charge in [-0.2, -0.15) is 0 Å². The average Bonchev–Trinajstić information content (AvgIpc) is 2.62. The Balaban J connectivity index is 2.12. The summed E-state index contributed by atoms with van der Waals surface area (Å²) in [6.07, 6.45) is 0. The molecule has 1 saturated heterocycles. The number of rotatable bonds is 3. The van der Waals surface area contributed by atoms with Crippen LogP contribution in [-0.2, 0) is 4.79 Å². The van der Waals surface area contributed by atoms with Gasteiger partial charge in [0.1, 0.15) is 6.04 Å². The molecule has 1 aliphatic rings. The number of hydrogen-bond acceptors (Lipinski definition) is 2. The van der Waals surface area contributed by atoms with Crippen LogP contribution in [0.4, 0.5) is 5.69 Å². The fourth-order valence-corrected chi connectivity index (χ4v) is 4.27. The summed E-state index contributed by atoms with van der Waals surface area (Å²) in [6.45, 7) is 10.3. The van der Waals surface area contributed by atoms with Crippen molar-refractivity contribution in [1.29, 1.82) is 0 Å². The van der Waals surface area contributed by atoms with Crippen molar-refractivity contribution in [2.45, 2.75) is 19.0 Å². The number of nitrogens with zero attached hydrogens (tertiary/aromatic N) is 3. The lowest BCUT2D eigenvalue weighted by Crippen LogP contribution is -2.57. The number of piperazine rings is 1. The van der Waals surface area contributed by atoms with Crippen molar-refractivity contribution in [2.75, 3.05) is 24.5 Å². The summed E-state index contributed by atoms with van der Waals surface area (Å²) < 4.78 is 0. The molecule has 1 unspecified atom stereocenters. The van der Waals surface area contributed by atoms with Gasteiger partial charge in [-0.05, 0) is 35.9 Å². The van der Waals surface area contributed by atoms with Crippen molar-refractivity contribution < 1.29 is 4.79 Å². The molecule has 1 amide bonds. The molecule has 0 aromatic heterocycles. The summed E-state index contributed by atoms with van der Waals surface area (Å²) in [5.74, 6) is -0.0375. The highest BCUT2D eigenvalue weighted by molar-refractivity contribution is 6.36. The van der Waals surface area contributed by atoms with Gasteiger partial charge < -0.3 is 14.6 Å². The largest absolute Gasteiger partial charge is 0.359 e. The van der Waals surface area contributed by atoms with Crippen LogP contribution in [0.15, 0.2) is 42.5 Å². The van der Waals surface area contributed by atoms with Gasteiger partial charge in [0.25, 0.3) is 0 Å². The zero-order valence-corrected chi connectivity index (χ0v) is 17.0. The monoisotopic (exact) mass is 421 g/mol. The third kappa shape index (κ3) is 4.16. The van der Waals surface area contributed by atoms with Crippen LogP contribution >= 0.6 is 34.8 Å². The summed E-state index contributed by atoms with van der Waals surface area (Å²) in [5, 5.41) is 1.74. The molecule has 0 aliphatic carbocycles. The Labute approximate surface area is 174 Å². The van der Waals surface area contributed by atoms with Crippen LogP contribution in [0.1, 0.15) is 18.5 Å². The molecular formula is C20H18Cl3N3O. The molecule has 140 valence electrons. The Morgan fingerprint density at radius 2 is 1.78 bits per heavy atom. The van der Waals surface area contributed by atoms with Crippen molar-refractivity contribution >= 4 is 46.4 Å². The topological polar surface area (TPSA) is 27.9 Å². The third-order valence-electron chi connectivity index (χ3n) is 4.80. The highest BCUT2D eigenvalue weighted by Crippen LogP contribution is 2.39. The Bertz CT molecular complexity index is 879. The Kier molecular flexibility index (Phi) is 6.16. The molecule has 3 rings (SSSR count). The fourth-order valence-electron chi connectivity index (χ4n) is 3.63. The van der Waals surface area contributed by atoms with Gasteiger partial charge in [0.2, 0.25) is 12.5 Å². The third-order valence-corrected chi connectivity index (χ3v) is 5.59. The first-order valence-corrected chi connectivity index (χ1v) is 9.63. The van der Waals surface area contributed by atoms with Gasteiger partial charge >= 0.3 is 0 Å². The second kappa shape index (κ2) is 8.39. The predicted molar refractivity (Wildman–Crippen MR) is 111 cm³/mol. The van der Waals surface area contributed by atoms with Gasteiger partial charge in [-0.25, -0.2) is 6.57 Å². The first-order chi connectivity index (χ1) is 12.9. The molecule has 2 aromatic rings. The molecule has 4 nitrogen and oxygen atoms in total. The second-order valence-corrected chi connectivity index (χ2v) is 7.69. The van der Waals surface area contributed by atoms with Crippen LogP contribution in [0.2, 0.25) is 15.1 Å². The quantitative estimate of drug-likeness (QED) is 0.624. The van der Waals surface area contributed by atoms with Crippen molar-refractivity contribution in [3.05, 3.63) is 74.5 Å². The van der Waals surface area contributed by atoms with E-state index in [1.165, 1.54) is 0 Å². The van der Waals surface area contributed by atoms with Gasteiger partial charge in [0.05, 0.1) is 16.8 Å². The van der Waals surface area contributed by atoms with Gasteiger partial charge in [-0.15, -0.1) is 0 Å². The van der Waals surface area contributed by atoms with E-state index < -0.39 is 0 Å². The van der Waals surface area contributed by atoms with Crippen LogP contribution in [0.5, 0.6) is 0 Å². The zero-order valence-electron chi connectivity index (χ0n) is 14.7. The van der Waals surface area contributed by atoms with E-state index in [1.54, 1.807) is 24.0 Å². The number of amides is 1. The maximum Gasteiger partial charge on any atom is 0.237 e. The van der Waals surface area contributed by atoms with E-state index >= 15 is 0 Å². The highest BCUT2D eigenvalue weighted by atomic mass is 35.5. The molecule has 2 aromatic carbocycles. The molecule has 27 heavy (non-hydrogen) atoms. The summed E-state index contributed by atoms with van der Waals surface area (Å²) in [7, 11) is 0. The first kappa shape index (κ1) is 19.8. The average molecular weight is 423 g/mol. The predicted octanol–water partition coefficient (Wildman–Crippen LogP) is 5.34. The van der Waals surface area contributed by atoms with Crippen LogP contribution in [0.3, 0.4) is 0 Å². The van der Waals surface area contributed by atoms with E-state index in [1.807, 2.05) is 30.3 Å². The van der Waals surface area contributed by atoms with Gasteiger partial charge in [-0.1, -0.05) is 46.9 Å². The smallest absolute Gasteiger partial charge is 0.237 e. The van der Waals surface area contributed by atoms with Crippen molar-refractivity contribution in [3.8, 4) is 0 Å². The zero-order chi connectivity index (χ0) is 19.6. The second-order valence-electron chi connectivity index (χ2n) is 6.41. The lowest BCUT2D eigenvalue weighted by molar-refractivity contribution is -0.132. The van der Waals surface area contributed by atoms with Crippen molar-refractivity contribution in [2.24, 2.45) is 0 Å². The summed E-state index contributed by atoms with van der Waals surface area (Å²) >= 11 is 18.6. The molecule has 1 fully saturated rings. The van der Waals surface area contributed by atoms with Crippen LogP contribution in [0, 0.1) is 6.57 Å². The summed E-state index contributed by atoms with van der Waals surface area (Å²) in [4.78, 5) is 19.7. The molecule has 0 spiro atoms. The van der Waals surface area contributed by atoms with Crippen LogP contribution in [-0.4, -0.2) is 36.5 Å². The number of anilines is 1. The normalized spacial score (nSPS) is 19.7. The van der Waals surface area contributed by atoms with Gasteiger partial charge in [0, 0.05) is 30.1 Å².